The number of anilines is 1. The molecule has 1 aliphatic rings. The second-order valence-electron chi connectivity index (χ2n) is 10.8. The quantitative estimate of drug-likeness (QED) is 0.297. The first-order valence-electron chi connectivity index (χ1n) is 12.8. The van der Waals surface area contributed by atoms with Gasteiger partial charge in [0.2, 0.25) is 0 Å². The van der Waals surface area contributed by atoms with E-state index in [1.165, 1.54) is 33.9 Å². The molecule has 1 aliphatic carbocycles. The molecule has 0 radical (unpaired) electrons. The van der Waals surface area contributed by atoms with Gasteiger partial charge in [0.05, 0.1) is 11.6 Å². The zero-order valence-electron chi connectivity index (χ0n) is 21.7. The fourth-order valence-corrected chi connectivity index (χ4v) is 5.62. The van der Waals surface area contributed by atoms with Crippen LogP contribution in [-0.2, 0) is 12.8 Å². The SMILES string of the molecule is Cc1cc2c(c(C)c1CC(C)(C)CCNC(=O)c1ccccc1O)CCCC2Nc1cccc(Cl)c1. The zero-order valence-corrected chi connectivity index (χ0v) is 22.5. The molecule has 3 aromatic carbocycles. The largest absolute Gasteiger partial charge is 0.507 e. The molecule has 4 rings (SSSR count). The summed E-state index contributed by atoms with van der Waals surface area (Å²) >= 11 is 6.21. The van der Waals surface area contributed by atoms with Gasteiger partial charge in [0.1, 0.15) is 5.75 Å². The van der Waals surface area contributed by atoms with Crippen LogP contribution in [0.2, 0.25) is 5.02 Å². The number of fused-ring (bicyclic) bond motifs is 1. The maximum Gasteiger partial charge on any atom is 0.255 e. The number of hydrogen-bond acceptors (Lipinski definition) is 3. The fraction of sp³-hybridized carbons (Fsp3) is 0.387. The minimum absolute atomic E-state index is 0.0118. The van der Waals surface area contributed by atoms with Crippen LogP contribution in [-0.4, -0.2) is 17.6 Å². The highest BCUT2D eigenvalue weighted by Gasteiger charge is 2.27. The van der Waals surface area contributed by atoms with Gasteiger partial charge in [0.25, 0.3) is 5.91 Å². The number of hydrogen-bond donors (Lipinski definition) is 3. The lowest BCUT2D eigenvalue weighted by Gasteiger charge is -2.33. The van der Waals surface area contributed by atoms with E-state index in [2.05, 4.69) is 50.5 Å². The molecular formula is C31H37ClN2O2. The number of halogens is 1. The van der Waals surface area contributed by atoms with Crippen molar-refractivity contribution in [2.24, 2.45) is 5.41 Å². The summed E-state index contributed by atoms with van der Waals surface area (Å²) in [6.07, 6.45) is 5.19. The molecule has 0 bridgehead atoms. The molecule has 1 atom stereocenters. The number of nitrogens with one attached hydrogen (secondary N) is 2. The fourth-order valence-electron chi connectivity index (χ4n) is 5.43. The van der Waals surface area contributed by atoms with Crippen LogP contribution in [0.4, 0.5) is 5.69 Å². The Kier molecular flexibility index (Phi) is 7.94. The molecule has 5 heteroatoms. The van der Waals surface area contributed by atoms with E-state index in [-0.39, 0.29) is 23.1 Å². The average Bonchev–Trinajstić information content (AvgIpc) is 2.82. The van der Waals surface area contributed by atoms with E-state index < -0.39 is 0 Å². The predicted octanol–water partition coefficient (Wildman–Crippen LogP) is 7.54. The van der Waals surface area contributed by atoms with Crippen molar-refractivity contribution < 1.29 is 9.90 Å². The molecular weight excluding hydrogens is 468 g/mol. The normalized spacial score (nSPS) is 15.3. The molecule has 190 valence electrons. The molecule has 1 amide bonds. The van der Waals surface area contributed by atoms with Crippen LogP contribution >= 0.6 is 11.6 Å². The Labute approximate surface area is 220 Å². The highest BCUT2D eigenvalue weighted by molar-refractivity contribution is 6.30. The summed E-state index contributed by atoms with van der Waals surface area (Å²) in [6.45, 7) is 9.60. The molecule has 3 N–H and O–H groups in total. The van der Waals surface area contributed by atoms with Gasteiger partial charge in [-0.2, -0.15) is 0 Å². The van der Waals surface area contributed by atoms with Crippen molar-refractivity contribution in [1.29, 1.82) is 0 Å². The summed E-state index contributed by atoms with van der Waals surface area (Å²) in [6, 6.07) is 17.3. The molecule has 0 saturated carbocycles. The first-order chi connectivity index (χ1) is 17.1. The maximum absolute atomic E-state index is 12.5. The highest BCUT2D eigenvalue weighted by atomic mass is 35.5. The number of carbonyl (C=O) groups excluding carboxylic acids is 1. The standard InChI is InChI=1S/C31H37ClN2O2/c1-20-17-26-24(12-8-13-28(26)34-23-10-7-9-22(32)18-23)21(2)27(20)19-31(3,4)15-16-33-30(36)25-11-5-6-14-29(25)35/h5-7,9-11,14,17-18,28,34-35H,8,12-13,15-16,19H2,1-4H3,(H,33,36). The minimum Gasteiger partial charge on any atom is -0.507 e. The van der Waals surface area contributed by atoms with Crippen LogP contribution in [0.25, 0.3) is 0 Å². The number of rotatable bonds is 8. The second kappa shape index (κ2) is 11.0. The van der Waals surface area contributed by atoms with E-state index in [0.29, 0.717) is 12.1 Å². The number of amides is 1. The van der Waals surface area contributed by atoms with Crippen LogP contribution in [0.3, 0.4) is 0 Å². The average molecular weight is 505 g/mol. The Bertz CT molecular complexity index is 1250. The maximum atomic E-state index is 12.5. The molecule has 0 aliphatic heterocycles. The van der Waals surface area contributed by atoms with Gasteiger partial charge >= 0.3 is 0 Å². The van der Waals surface area contributed by atoms with Crippen molar-refractivity contribution in [2.75, 3.05) is 11.9 Å². The summed E-state index contributed by atoms with van der Waals surface area (Å²) in [4.78, 5) is 12.5. The Morgan fingerprint density at radius 1 is 1.11 bits per heavy atom. The Hall–Kier alpha value is -2.98. The van der Waals surface area contributed by atoms with Gasteiger partial charge in [-0.3, -0.25) is 4.79 Å². The van der Waals surface area contributed by atoms with E-state index in [1.807, 2.05) is 18.2 Å². The van der Waals surface area contributed by atoms with E-state index in [4.69, 9.17) is 11.6 Å². The highest BCUT2D eigenvalue weighted by Crippen LogP contribution is 2.39. The number of phenolic OH excluding ortho intramolecular Hbond substituents is 1. The molecule has 36 heavy (non-hydrogen) atoms. The number of phenols is 1. The van der Waals surface area contributed by atoms with Crippen LogP contribution in [0.5, 0.6) is 5.75 Å². The van der Waals surface area contributed by atoms with E-state index in [0.717, 1.165) is 42.8 Å². The van der Waals surface area contributed by atoms with Gasteiger partial charge in [-0.25, -0.2) is 0 Å². The molecule has 1 unspecified atom stereocenters. The molecule has 0 heterocycles. The van der Waals surface area contributed by atoms with Gasteiger partial charge in [-0.15, -0.1) is 0 Å². The van der Waals surface area contributed by atoms with Crippen molar-refractivity contribution in [2.45, 2.75) is 65.8 Å². The predicted molar refractivity (Wildman–Crippen MR) is 149 cm³/mol. The van der Waals surface area contributed by atoms with E-state index >= 15 is 0 Å². The molecule has 0 spiro atoms. The number of aryl methyl sites for hydroxylation is 1. The van der Waals surface area contributed by atoms with Gasteiger partial charge in [0, 0.05) is 17.3 Å². The number of para-hydroxylation sites is 1. The van der Waals surface area contributed by atoms with Crippen molar-refractivity contribution in [3.63, 3.8) is 0 Å². The van der Waals surface area contributed by atoms with Crippen molar-refractivity contribution in [3.05, 3.63) is 93.0 Å². The molecule has 0 saturated heterocycles. The third kappa shape index (κ3) is 6.04. The number of carbonyl (C=O) groups is 1. The first kappa shape index (κ1) is 26.1. The Morgan fingerprint density at radius 3 is 2.64 bits per heavy atom. The molecule has 4 nitrogen and oxygen atoms in total. The van der Waals surface area contributed by atoms with Gasteiger partial charge in [-0.1, -0.05) is 49.7 Å². The van der Waals surface area contributed by atoms with Crippen molar-refractivity contribution >= 4 is 23.2 Å². The van der Waals surface area contributed by atoms with Crippen molar-refractivity contribution in [1.82, 2.24) is 5.32 Å². The third-order valence-electron chi connectivity index (χ3n) is 7.45. The van der Waals surface area contributed by atoms with E-state index in [1.54, 1.807) is 18.2 Å². The lowest BCUT2D eigenvalue weighted by atomic mass is 9.76. The topological polar surface area (TPSA) is 61.4 Å². The third-order valence-corrected chi connectivity index (χ3v) is 7.69. The number of benzene rings is 3. The number of aromatic hydroxyl groups is 1. The molecule has 0 aromatic heterocycles. The zero-order chi connectivity index (χ0) is 25.9. The monoisotopic (exact) mass is 504 g/mol. The Morgan fingerprint density at radius 2 is 1.89 bits per heavy atom. The van der Waals surface area contributed by atoms with Crippen LogP contribution < -0.4 is 10.6 Å². The van der Waals surface area contributed by atoms with Gasteiger partial charge in [0.15, 0.2) is 0 Å². The lowest BCUT2D eigenvalue weighted by molar-refractivity contribution is 0.0946. The summed E-state index contributed by atoms with van der Waals surface area (Å²) < 4.78 is 0. The molecule has 0 fully saturated rings. The first-order valence-corrected chi connectivity index (χ1v) is 13.2. The van der Waals surface area contributed by atoms with Gasteiger partial charge < -0.3 is 15.7 Å². The summed E-state index contributed by atoms with van der Waals surface area (Å²) in [7, 11) is 0. The summed E-state index contributed by atoms with van der Waals surface area (Å²) in [5, 5.41) is 17.4. The van der Waals surface area contributed by atoms with Gasteiger partial charge in [-0.05, 0) is 110 Å². The van der Waals surface area contributed by atoms with Crippen LogP contribution in [0.15, 0.2) is 54.6 Å². The summed E-state index contributed by atoms with van der Waals surface area (Å²) in [5.74, 6) is -0.221. The minimum atomic E-state index is -0.233. The van der Waals surface area contributed by atoms with Crippen molar-refractivity contribution in [3.8, 4) is 5.75 Å². The summed E-state index contributed by atoms with van der Waals surface area (Å²) in [5.41, 5.74) is 8.45. The van der Waals surface area contributed by atoms with Crippen LogP contribution in [0, 0.1) is 19.3 Å². The lowest BCUT2D eigenvalue weighted by Crippen LogP contribution is -2.29. The van der Waals surface area contributed by atoms with Crippen LogP contribution in [0.1, 0.15) is 77.3 Å². The molecule has 3 aromatic rings. The van der Waals surface area contributed by atoms with E-state index in [9.17, 15) is 9.90 Å². The smallest absolute Gasteiger partial charge is 0.255 e. The Balaban J connectivity index is 1.46. The second-order valence-corrected chi connectivity index (χ2v) is 11.3.